The fraction of sp³-hybridized carbons (Fsp3) is 0.545. The van der Waals surface area contributed by atoms with Gasteiger partial charge >= 0.3 is 0 Å². The van der Waals surface area contributed by atoms with E-state index in [1.54, 1.807) is 11.6 Å². The predicted octanol–water partition coefficient (Wildman–Crippen LogP) is 1.73. The molecule has 0 saturated carbocycles. The average Bonchev–Trinajstić information content (AvgIpc) is 2.85. The van der Waals surface area contributed by atoms with E-state index >= 15 is 0 Å². The van der Waals surface area contributed by atoms with Crippen molar-refractivity contribution in [3.05, 3.63) is 16.7 Å². The number of halogens is 1. The fourth-order valence-electron chi connectivity index (χ4n) is 1.98. The molecule has 6 nitrogen and oxygen atoms in total. The number of thiazole rings is 1. The minimum atomic E-state index is -3.84. The molecule has 2 heterocycles. The second-order valence-corrected chi connectivity index (χ2v) is 7.75. The maximum absolute atomic E-state index is 12.4. The summed E-state index contributed by atoms with van der Waals surface area (Å²) in [5, 5.41) is 10.9. The molecule has 0 aliphatic carbocycles. The van der Waals surface area contributed by atoms with Crippen LogP contribution < -0.4 is 4.72 Å². The van der Waals surface area contributed by atoms with Crippen LogP contribution in [0.1, 0.15) is 20.3 Å². The summed E-state index contributed by atoms with van der Waals surface area (Å²) >= 11 is 7.22. The molecule has 0 aliphatic rings. The molecule has 0 spiro atoms. The summed E-state index contributed by atoms with van der Waals surface area (Å²) in [6.07, 6.45) is 2.14. The summed E-state index contributed by atoms with van der Waals surface area (Å²) in [7, 11) is -3.84. The number of fused-ring (bicyclic) bond motifs is 1. The summed E-state index contributed by atoms with van der Waals surface area (Å²) < 4.78 is 28.7. The van der Waals surface area contributed by atoms with Gasteiger partial charge in [-0.1, -0.05) is 25.4 Å². The zero-order chi connectivity index (χ0) is 14.9. The summed E-state index contributed by atoms with van der Waals surface area (Å²) in [5.41, 5.74) is 0. The Hall–Kier alpha value is -0.670. The molecule has 2 aromatic rings. The van der Waals surface area contributed by atoms with Crippen molar-refractivity contribution in [1.29, 1.82) is 0 Å². The van der Waals surface area contributed by atoms with Gasteiger partial charge in [0, 0.05) is 17.6 Å². The first-order valence-corrected chi connectivity index (χ1v) is 8.83. The second kappa shape index (κ2) is 5.98. The molecule has 112 valence electrons. The van der Waals surface area contributed by atoms with Gasteiger partial charge < -0.3 is 5.11 Å². The molecule has 0 radical (unpaired) electrons. The monoisotopic (exact) mass is 337 g/mol. The Labute approximate surface area is 126 Å². The van der Waals surface area contributed by atoms with Crippen molar-refractivity contribution in [2.75, 3.05) is 6.61 Å². The van der Waals surface area contributed by atoms with E-state index in [4.69, 9.17) is 11.6 Å². The van der Waals surface area contributed by atoms with Crippen LogP contribution in [0.2, 0.25) is 5.15 Å². The molecule has 0 aromatic carbocycles. The third-order valence-electron chi connectivity index (χ3n) is 2.73. The zero-order valence-electron chi connectivity index (χ0n) is 11.1. The Morgan fingerprint density at radius 1 is 1.55 bits per heavy atom. The van der Waals surface area contributed by atoms with Gasteiger partial charge in [0.15, 0.2) is 15.1 Å². The highest BCUT2D eigenvalue weighted by molar-refractivity contribution is 7.89. The van der Waals surface area contributed by atoms with Crippen LogP contribution in [0, 0.1) is 5.92 Å². The van der Waals surface area contributed by atoms with E-state index in [2.05, 4.69) is 9.71 Å². The van der Waals surface area contributed by atoms with Crippen molar-refractivity contribution in [2.45, 2.75) is 31.3 Å². The van der Waals surface area contributed by atoms with Crippen LogP contribution in [0.5, 0.6) is 0 Å². The Morgan fingerprint density at radius 2 is 2.25 bits per heavy atom. The molecular weight excluding hydrogens is 322 g/mol. The third-order valence-corrected chi connectivity index (χ3v) is 5.41. The van der Waals surface area contributed by atoms with Crippen LogP contribution in [0.15, 0.2) is 16.6 Å². The van der Waals surface area contributed by atoms with E-state index in [-0.39, 0.29) is 22.7 Å². The van der Waals surface area contributed by atoms with Crippen molar-refractivity contribution >= 4 is 37.9 Å². The van der Waals surface area contributed by atoms with Gasteiger partial charge in [-0.2, -0.15) is 0 Å². The highest BCUT2D eigenvalue weighted by atomic mass is 35.5. The second-order valence-electron chi connectivity index (χ2n) is 4.89. The van der Waals surface area contributed by atoms with Gasteiger partial charge in [0.05, 0.1) is 6.61 Å². The van der Waals surface area contributed by atoms with E-state index in [1.807, 2.05) is 13.8 Å². The molecule has 0 fully saturated rings. The Bertz CT molecular complexity index is 693. The van der Waals surface area contributed by atoms with Crippen molar-refractivity contribution in [3.63, 3.8) is 0 Å². The topological polar surface area (TPSA) is 83.7 Å². The van der Waals surface area contributed by atoms with Crippen LogP contribution in [-0.4, -0.2) is 35.6 Å². The lowest BCUT2D eigenvalue weighted by Crippen LogP contribution is -2.38. The Kier molecular flexibility index (Phi) is 4.70. The fourth-order valence-corrected chi connectivity index (χ4v) is 4.68. The molecule has 2 N–H and O–H groups in total. The van der Waals surface area contributed by atoms with Gasteiger partial charge in [0.25, 0.3) is 10.0 Å². The Balaban J connectivity index is 2.34. The number of hydrogen-bond acceptors (Lipinski definition) is 5. The lowest BCUT2D eigenvalue weighted by molar-refractivity contribution is 0.240. The highest BCUT2D eigenvalue weighted by Crippen LogP contribution is 2.25. The molecule has 2 rings (SSSR count). The van der Waals surface area contributed by atoms with E-state index in [0.717, 1.165) is 0 Å². The minimum absolute atomic E-state index is 0.0643. The standard InChI is InChI=1S/C11H16ClN3O3S2/c1-7(2)5-8(6-16)14-20(17,18)10-9(12)13-11-15(10)3-4-19-11/h3-4,7-8,14,16H,5-6H2,1-2H3. The van der Waals surface area contributed by atoms with Crippen LogP contribution >= 0.6 is 22.9 Å². The van der Waals surface area contributed by atoms with E-state index in [9.17, 15) is 13.5 Å². The smallest absolute Gasteiger partial charge is 0.260 e. The highest BCUT2D eigenvalue weighted by Gasteiger charge is 2.27. The molecule has 2 aromatic heterocycles. The average molecular weight is 338 g/mol. The first-order chi connectivity index (χ1) is 9.35. The zero-order valence-corrected chi connectivity index (χ0v) is 13.5. The van der Waals surface area contributed by atoms with E-state index < -0.39 is 16.1 Å². The lowest BCUT2D eigenvalue weighted by atomic mass is 10.1. The van der Waals surface area contributed by atoms with Gasteiger partial charge in [-0.3, -0.25) is 4.40 Å². The molecule has 0 amide bonds. The Morgan fingerprint density at radius 3 is 2.85 bits per heavy atom. The van der Waals surface area contributed by atoms with Crippen molar-refractivity contribution < 1.29 is 13.5 Å². The number of aliphatic hydroxyl groups is 1. The summed E-state index contributed by atoms with van der Waals surface area (Å²) in [5.74, 6) is 0.261. The molecular formula is C11H16ClN3O3S2. The first-order valence-electron chi connectivity index (χ1n) is 6.09. The summed E-state index contributed by atoms with van der Waals surface area (Å²) in [6.45, 7) is 3.65. The largest absolute Gasteiger partial charge is 0.395 e. The van der Waals surface area contributed by atoms with Gasteiger partial charge in [-0.15, -0.1) is 11.3 Å². The number of aromatic nitrogens is 2. The number of aliphatic hydroxyl groups excluding tert-OH is 1. The van der Waals surface area contributed by atoms with Crippen LogP contribution in [0.25, 0.3) is 4.96 Å². The van der Waals surface area contributed by atoms with Gasteiger partial charge in [0.2, 0.25) is 0 Å². The van der Waals surface area contributed by atoms with Gasteiger partial charge in [0.1, 0.15) is 0 Å². The van der Waals surface area contributed by atoms with Gasteiger partial charge in [-0.25, -0.2) is 18.1 Å². The molecule has 0 saturated heterocycles. The van der Waals surface area contributed by atoms with Crippen molar-refractivity contribution in [1.82, 2.24) is 14.1 Å². The predicted molar refractivity (Wildman–Crippen MR) is 78.7 cm³/mol. The molecule has 1 atom stereocenters. The number of sulfonamides is 1. The number of rotatable bonds is 6. The van der Waals surface area contributed by atoms with Crippen LogP contribution in [0.3, 0.4) is 0 Å². The SMILES string of the molecule is CC(C)CC(CO)NS(=O)(=O)c1c(Cl)nc2sccn12. The quantitative estimate of drug-likeness (QED) is 0.841. The minimum Gasteiger partial charge on any atom is -0.395 e. The summed E-state index contributed by atoms with van der Waals surface area (Å²) in [4.78, 5) is 4.51. The number of nitrogens with zero attached hydrogens (tertiary/aromatic N) is 2. The number of imidazole rings is 1. The normalized spacial score (nSPS) is 14.2. The summed E-state index contributed by atoms with van der Waals surface area (Å²) in [6, 6.07) is -0.541. The van der Waals surface area contributed by atoms with Crippen LogP contribution in [-0.2, 0) is 10.0 Å². The van der Waals surface area contributed by atoms with E-state index in [1.165, 1.54) is 15.7 Å². The van der Waals surface area contributed by atoms with E-state index in [0.29, 0.717) is 11.4 Å². The lowest BCUT2D eigenvalue weighted by Gasteiger charge is -2.18. The maximum Gasteiger partial charge on any atom is 0.260 e. The molecule has 9 heteroatoms. The number of nitrogens with one attached hydrogen (secondary N) is 1. The molecule has 1 unspecified atom stereocenters. The molecule has 0 bridgehead atoms. The van der Waals surface area contributed by atoms with Crippen molar-refractivity contribution in [3.8, 4) is 0 Å². The molecule has 0 aliphatic heterocycles. The number of hydrogen-bond donors (Lipinski definition) is 2. The maximum atomic E-state index is 12.4. The first kappa shape index (κ1) is 15.7. The van der Waals surface area contributed by atoms with Crippen molar-refractivity contribution in [2.24, 2.45) is 5.92 Å². The third kappa shape index (κ3) is 3.15. The molecule has 20 heavy (non-hydrogen) atoms. The van der Waals surface area contributed by atoms with Crippen LogP contribution in [0.4, 0.5) is 0 Å². The van der Waals surface area contributed by atoms with Gasteiger partial charge in [-0.05, 0) is 12.3 Å².